The van der Waals surface area contributed by atoms with Crippen LogP contribution in [0.4, 0.5) is 5.69 Å². The Hall–Kier alpha value is -1.04. The summed E-state index contributed by atoms with van der Waals surface area (Å²) >= 11 is 9.15. The van der Waals surface area contributed by atoms with Gasteiger partial charge in [-0.2, -0.15) is 0 Å². The first-order valence-electron chi connectivity index (χ1n) is 5.85. The average Bonchev–Trinajstić information content (AvgIpc) is 2.33. The minimum Gasteiger partial charge on any atom is -0.280 e. The molecule has 2 aromatic rings. The Morgan fingerprint density at radius 2 is 1.80 bits per heavy atom. The van der Waals surface area contributed by atoms with Crippen LogP contribution in [0, 0.1) is 13.8 Å². The summed E-state index contributed by atoms with van der Waals surface area (Å²) in [5, 5.41) is 0.527. The number of benzene rings is 2. The average molecular weight is 375 g/mol. The van der Waals surface area contributed by atoms with Crippen LogP contribution < -0.4 is 4.72 Å². The summed E-state index contributed by atoms with van der Waals surface area (Å²) in [6.45, 7) is 3.70. The Kier molecular flexibility index (Phi) is 4.42. The number of sulfonamides is 1. The number of rotatable bonds is 3. The zero-order chi connectivity index (χ0) is 14.9. The number of hydrogen-bond acceptors (Lipinski definition) is 2. The van der Waals surface area contributed by atoms with Crippen molar-refractivity contribution >= 4 is 43.2 Å². The van der Waals surface area contributed by atoms with Gasteiger partial charge in [-0.05, 0) is 59.6 Å². The molecule has 0 saturated heterocycles. The van der Waals surface area contributed by atoms with Crippen molar-refractivity contribution in [3.63, 3.8) is 0 Å². The van der Waals surface area contributed by atoms with Crippen LogP contribution in [0.3, 0.4) is 0 Å². The van der Waals surface area contributed by atoms with E-state index >= 15 is 0 Å². The lowest BCUT2D eigenvalue weighted by molar-refractivity contribution is 0.600. The molecule has 0 fully saturated rings. The molecule has 2 rings (SSSR count). The highest BCUT2D eigenvalue weighted by Crippen LogP contribution is 2.27. The Morgan fingerprint density at radius 3 is 2.40 bits per heavy atom. The summed E-state index contributed by atoms with van der Waals surface area (Å²) in [6.07, 6.45) is 0. The van der Waals surface area contributed by atoms with Gasteiger partial charge in [0.15, 0.2) is 0 Å². The van der Waals surface area contributed by atoms with Gasteiger partial charge in [0, 0.05) is 4.47 Å². The van der Waals surface area contributed by atoms with Gasteiger partial charge < -0.3 is 0 Å². The fourth-order valence-electron chi connectivity index (χ4n) is 1.87. The van der Waals surface area contributed by atoms with Crippen molar-refractivity contribution < 1.29 is 8.42 Å². The summed E-state index contributed by atoms with van der Waals surface area (Å²) in [5.41, 5.74) is 2.20. The van der Waals surface area contributed by atoms with E-state index in [1.165, 1.54) is 0 Å². The minimum absolute atomic E-state index is 0.272. The van der Waals surface area contributed by atoms with Crippen molar-refractivity contribution in [1.29, 1.82) is 0 Å². The molecular formula is C14H13BrClNO2S. The van der Waals surface area contributed by atoms with E-state index in [2.05, 4.69) is 20.7 Å². The Labute approximate surface area is 132 Å². The monoisotopic (exact) mass is 373 g/mol. The number of aryl methyl sites for hydroxylation is 2. The molecule has 0 aromatic heterocycles. The zero-order valence-corrected chi connectivity index (χ0v) is 14.1. The molecule has 0 aliphatic rings. The zero-order valence-electron chi connectivity index (χ0n) is 10.9. The molecule has 106 valence electrons. The lowest BCUT2D eigenvalue weighted by Gasteiger charge is -2.11. The summed E-state index contributed by atoms with van der Waals surface area (Å²) in [6, 6.07) is 10.1. The van der Waals surface area contributed by atoms with Crippen molar-refractivity contribution in [2.24, 2.45) is 0 Å². The first-order chi connectivity index (χ1) is 9.29. The Morgan fingerprint density at radius 1 is 1.10 bits per heavy atom. The second-order valence-electron chi connectivity index (χ2n) is 4.50. The van der Waals surface area contributed by atoms with Gasteiger partial charge in [-0.3, -0.25) is 4.72 Å². The van der Waals surface area contributed by atoms with Crippen molar-refractivity contribution in [3.8, 4) is 0 Å². The van der Waals surface area contributed by atoms with E-state index in [0.29, 0.717) is 20.7 Å². The van der Waals surface area contributed by atoms with Crippen molar-refractivity contribution in [2.75, 3.05) is 4.72 Å². The molecule has 0 amide bonds. The fraction of sp³-hybridized carbons (Fsp3) is 0.143. The van der Waals surface area contributed by atoms with E-state index in [0.717, 1.165) is 5.56 Å². The highest BCUT2D eigenvalue weighted by atomic mass is 79.9. The smallest absolute Gasteiger partial charge is 0.262 e. The molecule has 20 heavy (non-hydrogen) atoms. The number of hydrogen-bond donors (Lipinski definition) is 1. The topological polar surface area (TPSA) is 46.2 Å². The first kappa shape index (κ1) is 15.4. The molecule has 0 aliphatic carbocycles. The van der Waals surface area contributed by atoms with Gasteiger partial charge in [0.2, 0.25) is 0 Å². The maximum absolute atomic E-state index is 12.4. The third kappa shape index (κ3) is 3.34. The van der Waals surface area contributed by atoms with Gasteiger partial charge in [-0.25, -0.2) is 8.42 Å². The van der Waals surface area contributed by atoms with Crippen LogP contribution in [0.2, 0.25) is 5.02 Å². The predicted molar refractivity (Wildman–Crippen MR) is 85.9 cm³/mol. The molecule has 3 nitrogen and oxygen atoms in total. The van der Waals surface area contributed by atoms with Crippen LogP contribution in [0.15, 0.2) is 45.8 Å². The van der Waals surface area contributed by atoms with E-state index in [-0.39, 0.29) is 4.90 Å². The fourth-order valence-corrected chi connectivity index (χ4v) is 3.64. The summed E-state index contributed by atoms with van der Waals surface area (Å²) < 4.78 is 27.9. The third-order valence-electron chi connectivity index (χ3n) is 2.79. The van der Waals surface area contributed by atoms with E-state index in [4.69, 9.17) is 11.6 Å². The highest BCUT2D eigenvalue weighted by Gasteiger charge is 2.17. The first-order valence-corrected chi connectivity index (χ1v) is 8.50. The second kappa shape index (κ2) is 5.76. The van der Waals surface area contributed by atoms with Crippen LogP contribution in [-0.2, 0) is 10.0 Å². The number of anilines is 1. The van der Waals surface area contributed by atoms with E-state index in [1.54, 1.807) is 37.3 Å². The summed E-state index contributed by atoms with van der Waals surface area (Å²) in [5.74, 6) is 0. The maximum Gasteiger partial charge on any atom is 0.262 e. The highest BCUT2D eigenvalue weighted by molar-refractivity contribution is 9.10. The Bertz CT molecular complexity index is 760. The van der Waals surface area contributed by atoms with Gasteiger partial charge in [-0.15, -0.1) is 0 Å². The summed E-state index contributed by atoms with van der Waals surface area (Å²) in [4.78, 5) is 0.272. The van der Waals surface area contributed by atoms with Crippen LogP contribution in [0.1, 0.15) is 11.1 Å². The number of nitrogens with one attached hydrogen (secondary N) is 1. The van der Waals surface area contributed by atoms with Gasteiger partial charge in [0.05, 0.1) is 15.6 Å². The lowest BCUT2D eigenvalue weighted by atomic mass is 10.2. The molecule has 1 N–H and O–H groups in total. The van der Waals surface area contributed by atoms with Crippen LogP contribution in [0.5, 0.6) is 0 Å². The molecule has 0 bridgehead atoms. The van der Waals surface area contributed by atoms with Crippen molar-refractivity contribution in [3.05, 3.63) is 57.0 Å². The standard InChI is InChI=1S/C14H13BrClNO2S/c1-9-3-6-14(10(2)7-9)20(18,19)17-11-4-5-13(16)12(15)8-11/h3-8,17H,1-2H3. The lowest BCUT2D eigenvalue weighted by Crippen LogP contribution is -2.14. The van der Waals surface area contributed by atoms with E-state index < -0.39 is 10.0 Å². The van der Waals surface area contributed by atoms with E-state index in [1.807, 2.05) is 13.0 Å². The van der Waals surface area contributed by atoms with Crippen LogP contribution >= 0.6 is 27.5 Å². The summed E-state index contributed by atoms with van der Waals surface area (Å²) in [7, 11) is -3.60. The van der Waals surface area contributed by atoms with Gasteiger partial charge in [0.25, 0.3) is 10.0 Å². The molecule has 0 unspecified atom stereocenters. The number of halogens is 2. The van der Waals surface area contributed by atoms with Crippen molar-refractivity contribution in [1.82, 2.24) is 0 Å². The van der Waals surface area contributed by atoms with E-state index in [9.17, 15) is 8.42 Å². The SMILES string of the molecule is Cc1ccc(S(=O)(=O)Nc2ccc(Cl)c(Br)c2)c(C)c1. The van der Waals surface area contributed by atoms with Gasteiger partial charge in [0.1, 0.15) is 0 Å². The molecule has 0 atom stereocenters. The molecule has 0 aliphatic heterocycles. The molecule has 0 heterocycles. The molecular weight excluding hydrogens is 362 g/mol. The van der Waals surface area contributed by atoms with Crippen LogP contribution in [0.25, 0.3) is 0 Å². The van der Waals surface area contributed by atoms with Gasteiger partial charge >= 0.3 is 0 Å². The largest absolute Gasteiger partial charge is 0.280 e. The minimum atomic E-state index is -3.60. The van der Waals surface area contributed by atoms with Crippen LogP contribution in [-0.4, -0.2) is 8.42 Å². The molecule has 6 heteroatoms. The van der Waals surface area contributed by atoms with Gasteiger partial charge in [-0.1, -0.05) is 29.3 Å². The molecule has 0 saturated carbocycles. The second-order valence-corrected chi connectivity index (χ2v) is 7.42. The Balaban J connectivity index is 2.38. The predicted octanol–water partition coefficient (Wildman–Crippen LogP) is 4.52. The molecule has 0 radical (unpaired) electrons. The quantitative estimate of drug-likeness (QED) is 0.858. The molecule has 0 spiro atoms. The maximum atomic E-state index is 12.4. The molecule has 2 aromatic carbocycles. The normalized spacial score (nSPS) is 11.4. The van der Waals surface area contributed by atoms with Crippen molar-refractivity contribution in [2.45, 2.75) is 18.7 Å². The third-order valence-corrected chi connectivity index (χ3v) is 5.55.